The van der Waals surface area contributed by atoms with Gasteiger partial charge in [-0.1, -0.05) is 48.0 Å². The maximum absolute atomic E-state index is 14.3. The van der Waals surface area contributed by atoms with Crippen molar-refractivity contribution in [2.24, 2.45) is 0 Å². The number of allylic oxidation sites excluding steroid dienone is 1. The van der Waals surface area contributed by atoms with Gasteiger partial charge in [0.25, 0.3) is 0 Å². The fourth-order valence-corrected chi connectivity index (χ4v) is 5.70. The Morgan fingerprint density at radius 2 is 1.82 bits per heavy atom. The Balaban J connectivity index is 1.84. The number of carbonyl (C=O) groups excluding carboxylic acids is 2. The second-order valence-corrected chi connectivity index (χ2v) is 9.84. The van der Waals surface area contributed by atoms with Crippen molar-refractivity contribution in [3.63, 3.8) is 0 Å². The van der Waals surface area contributed by atoms with E-state index in [4.69, 9.17) is 4.74 Å². The normalized spacial score (nSPS) is 18.1. The van der Waals surface area contributed by atoms with Crippen molar-refractivity contribution in [3.8, 4) is 11.3 Å². The summed E-state index contributed by atoms with van der Waals surface area (Å²) < 4.78 is 5.46. The van der Waals surface area contributed by atoms with Crippen molar-refractivity contribution in [2.45, 2.75) is 53.0 Å². The number of nitrogens with zero attached hydrogens (tertiary/aromatic N) is 1. The monoisotopic (exact) mass is 454 g/mol. The summed E-state index contributed by atoms with van der Waals surface area (Å²) in [4.78, 5) is 32.8. The maximum atomic E-state index is 14.3. The molecule has 1 N–H and O–H groups in total. The highest BCUT2D eigenvalue weighted by molar-refractivity contribution is 6.14. The SMILES string of the molecule is CCOC(=O)c1c(C)[nH]c(-c2ccccc2)c1C1C(=O)N2c3c(cc(C)cc31)C(C)=CC2(C)C. The average Bonchev–Trinajstić information content (AvgIpc) is 3.26. The fourth-order valence-electron chi connectivity index (χ4n) is 5.70. The zero-order valence-electron chi connectivity index (χ0n) is 20.6. The standard InChI is InChI=1S/C29H30N2O3/c1-7-34-28(33)22-18(4)30-25(19-11-9-8-10-12-19)24(22)23-21-14-16(2)13-20-17(3)15-29(5,6)31(26(20)21)27(23)32/h8-15,23,30H,7H2,1-6H3. The van der Waals surface area contributed by atoms with Gasteiger partial charge in [-0.3, -0.25) is 4.79 Å². The van der Waals surface area contributed by atoms with Crippen molar-refractivity contribution in [3.05, 3.63) is 82.1 Å². The number of H-pyrrole nitrogens is 1. The molecule has 0 fully saturated rings. The molecule has 3 heterocycles. The third kappa shape index (κ3) is 3.14. The number of rotatable bonds is 4. The summed E-state index contributed by atoms with van der Waals surface area (Å²) in [5, 5.41) is 0. The number of hydrogen-bond acceptors (Lipinski definition) is 3. The zero-order valence-corrected chi connectivity index (χ0v) is 20.6. The second kappa shape index (κ2) is 7.73. The molecule has 2 aromatic carbocycles. The highest BCUT2D eigenvalue weighted by atomic mass is 16.5. The van der Waals surface area contributed by atoms with Crippen molar-refractivity contribution in [2.75, 3.05) is 11.5 Å². The number of benzene rings is 2. The molecule has 5 nitrogen and oxygen atoms in total. The first-order chi connectivity index (χ1) is 16.2. The molecule has 0 aliphatic carbocycles. The van der Waals surface area contributed by atoms with E-state index in [0.717, 1.165) is 39.2 Å². The van der Waals surface area contributed by atoms with Gasteiger partial charge < -0.3 is 14.6 Å². The molecular formula is C29H30N2O3. The summed E-state index contributed by atoms with van der Waals surface area (Å²) >= 11 is 0. The van der Waals surface area contributed by atoms with E-state index in [0.29, 0.717) is 16.8 Å². The van der Waals surface area contributed by atoms with Gasteiger partial charge in [-0.05, 0) is 64.3 Å². The van der Waals surface area contributed by atoms with Crippen LogP contribution in [0, 0.1) is 13.8 Å². The first-order valence-corrected chi connectivity index (χ1v) is 11.8. The second-order valence-electron chi connectivity index (χ2n) is 9.84. The Kier molecular flexibility index (Phi) is 5.05. The molecular weight excluding hydrogens is 424 g/mol. The van der Waals surface area contributed by atoms with Gasteiger partial charge in [0.1, 0.15) is 0 Å². The number of esters is 1. The third-order valence-corrected chi connectivity index (χ3v) is 6.91. The van der Waals surface area contributed by atoms with Crippen LogP contribution in [0.2, 0.25) is 0 Å². The highest BCUT2D eigenvalue weighted by Gasteiger charge is 2.49. The number of carbonyl (C=O) groups is 2. The van der Waals surface area contributed by atoms with Gasteiger partial charge in [0.15, 0.2) is 0 Å². The van der Waals surface area contributed by atoms with Crippen LogP contribution in [0.1, 0.15) is 71.9 Å². The van der Waals surface area contributed by atoms with Crippen molar-refractivity contribution >= 4 is 23.1 Å². The van der Waals surface area contributed by atoms with E-state index in [1.54, 1.807) is 6.92 Å². The lowest BCUT2D eigenvalue weighted by Crippen LogP contribution is -2.47. The van der Waals surface area contributed by atoms with Crippen LogP contribution in [0.15, 0.2) is 48.5 Å². The molecule has 1 aromatic heterocycles. The zero-order chi connectivity index (χ0) is 24.4. The lowest BCUT2D eigenvalue weighted by atomic mass is 9.85. The molecule has 1 unspecified atom stereocenters. The topological polar surface area (TPSA) is 62.4 Å². The molecule has 0 spiro atoms. The Morgan fingerprint density at radius 3 is 2.50 bits per heavy atom. The number of amides is 1. The molecule has 174 valence electrons. The number of ether oxygens (including phenoxy) is 1. The molecule has 0 saturated heterocycles. The quantitative estimate of drug-likeness (QED) is 0.481. The van der Waals surface area contributed by atoms with Crippen LogP contribution >= 0.6 is 0 Å². The Hall–Kier alpha value is -3.60. The van der Waals surface area contributed by atoms with Crippen molar-refractivity contribution in [1.82, 2.24) is 4.98 Å². The van der Waals surface area contributed by atoms with Crippen LogP contribution in [-0.2, 0) is 9.53 Å². The predicted molar refractivity (Wildman–Crippen MR) is 135 cm³/mol. The van der Waals surface area contributed by atoms with Gasteiger partial charge >= 0.3 is 5.97 Å². The van der Waals surface area contributed by atoms with Crippen molar-refractivity contribution in [1.29, 1.82) is 0 Å². The van der Waals surface area contributed by atoms with E-state index in [1.807, 2.05) is 42.2 Å². The molecule has 1 amide bonds. The van der Waals surface area contributed by atoms with E-state index >= 15 is 0 Å². The Labute approximate surface area is 200 Å². The molecule has 0 radical (unpaired) electrons. The summed E-state index contributed by atoms with van der Waals surface area (Å²) in [6, 6.07) is 14.1. The smallest absolute Gasteiger partial charge is 0.340 e. The van der Waals surface area contributed by atoms with E-state index in [-0.39, 0.29) is 12.5 Å². The van der Waals surface area contributed by atoms with Gasteiger partial charge in [-0.2, -0.15) is 0 Å². The number of aromatic amines is 1. The minimum Gasteiger partial charge on any atom is -0.462 e. The van der Waals surface area contributed by atoms with Crippen LogP contribution < -0.4 is 4.90 Å². The number of aryl methyl sites for hydroxylation is 2. The number of hydrogen-bond donors (Lipinski definition) is 1. The summed E-state index contributed by atoms with van der Waals surface area (Å²) in [5.74, 6) is -1.03. The van der Waals surface area contributed by atoms with E-state index in [2.05, 4.69) is 50.9 Å². The number of anilines is 1. The Morgan fingerprint density at radius 1 is 1.12 bits per heavy atom. The molecule has 0 saturated carbocycles. The largest absolute Gasteiger partial charge is 0.462 e. The molecule has 34 heavy (non-hydrogen) atoms. The summed E-state index contributed by atoms with van der Waals surface area (Å²) in [6.45, 7) is 12.2. The predicted octanol–water partition coefficient (Wildman–Crippen LogP) is 6.15. The van der Waals surface area contributed by atoms with E-state index in [9.17, 15) is 9.59 Å². The minimum absolute atomic E-state index is 0.0164. The van der Waals surface area contributed by atoms with Gasteiger partial charge in [0, 0.05) is 16.8 Å². The molecule has 5 rings (SSSR count). The van der Waals surface area contributed by atoms with Gasteiger partial charge in [-0.15, -0.1) is 0 Å². The Bertz CT molecular complexity index is 1360. The third-order valence-electron chi connectivity index (χ3n) is 6.91. The van der Waals surface area contributed by atoms with E-state index in [1.165, 1.54) is 0 Å². The summed E-state index contributed by atoms with van der Waals surface area (Å²) in [5.41, 5.74) is 8.33. The molecule has 5 heteroatoms. The summed E-state index contributed by atoms with van der Waals surface area (Å²) in [7, 11) is 0. The summed E-state index contributed by atoms with van der Waals surface area (Å²) in [6.07, 6.45) is 2.16. The molecule has 2 aliphatic heterocycles. The van der Waals surface area contributed by atoms with Crippen LogP contribution in [0.4, 0.5) is 5.69 Å². The van der Waals surface area contributed by atoms with Crippen LogP contribution in [0.25, 0.3) is 16.8 Å². The molecule has 3 aromatic rings. The molecule has 1 atom stereocenters. The minimum atomic E-state index is -0.605. The van der Waals surface area contributed by atoms with Crippen LogP contribution in [0.3, 0.4) is 0 Å². The molecule has 2 aliphatic rings. The first kappa shape index (κ1) is 22.2. The van der Waals surface area contributed by atoms with Gasteiger partial charge in [0.2, 0.25) is 5.91 Å². The number of aromatic nitrogens is 1. The number of nitrogens with one attached hydrogen (secondary N) is 1. The fraction of sp³-hybridized carbons (Fsp3) is 0.310. The van der Waals surface area contributed by atoms with Gasteiger partial charge in [-0.25, -0.2) is 4.79 Å². The first-order valence-electron chi connectivity index (χ1n) is 11.8. The van der Waals surface area contributed by atoms with Crippen LogP contribution in [0.5, 0.6) is 0 Å². The van der Waals surface area contributed by atoms with Gasteiger partial charge in [0.05, 0.1) is 35.0 Å². The average molecular weight is 455 g/mol. The molecule has 0 bridgehead atoms. The lowest BCUT2D eigenvalue weighted by molar-refractivity contribution is -0.119. The lowest BCUT2D eigenvalue weighted by Gasteiger charge is -2.39. The highest BCUT2D eigenvalue weighted by Crippen LogP contribution is 2.53. The van der Waals surface area contributed by atoms with Crippen molar-refractivity contribution < 1.29 is 14.3 Å². The van der Waals surface area contributed by atoms with E-state index < -0.39 is 17.4 Å². The van der Waals surface area contributed by atoms with Crippen LogP contribution in [-0.4, -0.2) is 29.0 Å². The maximum Gasteiger partial charge on any atom is 0.340 e.